The first-order valence-corrected chi connectivity index (χ1v) is 7.30. The Bertz CT molecular complexity index is 472. The number of aromatic nitrogens is 1. The van der Waals surface area contributed by atoms with E-state index in [9.17, 15) is 4.79 Å². The van der Waals surface area contributed by atoms with Crippen molar-refractivity contribution in [3.63, 3.8) is 0 Å². The molecule has 2 unspecified atom stereocenters. The number of morpholine rings is 1. The first-order valence-electron chi connectivity index (χ1n) is 6.49. The first kappa shape index (κ1) is 12.3. The van der Waals surface area contributed by atoms with Gasteiger partial charge < -0.3 is 4.74 Å². The monoisotopic (exact) mass is 266 g/mol. The van der Waals surface area contributed by atoms with Gasteiger partial charge >= 0.3 is 0 Å². The summed E-state index contributed by atoms with van der Waals surface area (Å²) in [6.45, 7) is 6.41. The van der Waals surface area contributed by atoms with Crippen LogP contribution in [0, 0.1) is 6.92 Å². The molecule has 0 radical (unpaired) electrons. The summed E-state index contributed by atoms with van der Waals surface area (Å²) in [5.41, 5.74) is 0.842. The predicted octanol–water partition coefficient (Wildman–Crippen LogP) is 2.19. The molecule has 2 aliphatic rings. The van der Waals surface area contributed by atoms with E-state index < -0.39 is 0 Å². The number of carbonyl (C=O) groups is 1. The maximum Gasteiger partial charge on any atom is 0.171 e. The van der Waals surface area contributed by atoms with Crippen LogP contribution in [0.2, 0.25) is 0 Å². The molecule has 0 saturated carbocycles. The second kappa shape index (κ2) is 4.72. The van der Waals surface area contributed by atoms with Gasteiger partial charge in [-0.1, -0.05) is 0 Å². The average molecular weight is 266 g/mol. The largest absolute Gasteiger partial charge is 0.368 e. The highest BCUT2D eigenvalue weighted by Crippen LogP contribution is 2.33. The molecule has 1 aromatic heterocycles. The zero-order chi connectivity index (χ0) is 12.7. The van der Waals surface area contributed by atoms with Crippen molar-refractivity contribution in [2.24, 2.45) is 0 Å². The minimum absolute atomic E-state index is 0.0520. The molecule has 0 aliphatic carbocycles. The number of rotatable bonds is 2. The van der Waals surface area contributed by atoms with Gasteiger partial charge in [0, 0.05) is 19.5 Å². The Morgan fingerprint density at radius 2 is 2.39 bits per heavy atom. The summed E-state index contributed by atoms with van der Waals surface area (Å²) in [4.78, 5) is 19.3. The van der Waals surface area contributed by atoms with Gasteiger partial charge in [0.15, 0.2) is 5.78 Å². The van der Waals surface area contributed by atoms with Crippen LogP contribution in [-0.2, 0) is 4.74 Å². The highest BCUT2D eigenvalue weighted by atomic mass is 32.1. The summed E-state index contributed by atoms with van der Waals surface area (Å²) in [5, 5.41) is 0.961. The molecule has 18 heavy (non-hydrogen) atoms. The number of hydrogen-bond donors (Lipinski definition) is 0. The average Bonchev–Trinajstić information content (AvgIpc) is 2.93. The fourth-order valence-corrected chi connectivity index (χ4v) is 3.85. The highest BCUT2D eigenvalue weighted by Gasteiger charge is 2.34. The van der Waals surface area contributed by atoms with Crippen molar-refractivity contribution in [2.45, 2.75) is 38.8 Å². The van der Waals surface area contributed by atoms with Crippen LogP contribution < -0.4 is 0 Å². The van der Waals surface area contributed by atoms with E-state index in [0.29, 0.717) is 6.04 Å². The van der Waals surface area contributed by atoms with Crippen LogP contribution in [0.4, 0.5) is 0 Å². The molecule has 0 aromatic carbocycles. The quantitative estimate of drug-likeness (QED) is 0.770. The standard InChI is InChI=1S/C13H18N2O2S/c1-8-12(9(2)16)18-13(14-8)11-6-15-5-3-4-10(15)7-17-11/h10-11H,3-7H2,1-2H3. The lowest BCUT2D eigenvalue weighted by atomic mass is 10.2. The van der Waals surface area contributed by atoms with Crippen molar-refractivity contribution in [3.05, 3.63) is 15.6 Å². The van der Waals surface area contributed by atoms with Gasteiger partial charge in [-0.25, -0.2) is 4.98 Å². The third-order valence-electron chi connectivity index (χ3n) is 3.80. The van der Waals surface area contributed by atoms with E-state index in [0.717, 1.165) is 28.7 Å². The summed E-state index contributed by atoms with van der Waals surface area (Å²) in [5.74, 6) is 0.103. The molecule has 2 saturated heterocycles. The number of fused-ring (bicyclic) bond motifs is 1. The van der Waals surface area contributed by atoms with Gasteiger partial charge in [-0.2, -0.15) is 0 Å². The molecule has 5 heteroatoms. The number of aryl methyl sites for hydroxylation is 1. The summed E-state index contributed by atoms with van der Waals surface area (Å²) < 4.78 is 5.92. The molecular formula is C13H18N2O2S. The van der Waals surface area contributed by atoms with E-state index in [-0.39, 0.29) is 11.9 Å². The van der Waals surface area contributed by atoms with Gasteiger partial charge in [0.1, 0.15) is 11.1 Å². The highest BCUT2D eigenvalue weighted by molar-refractivity contribution is 7.13. The molecule has 0 amide bonds. The molecule has 0 bridgehead atoms. The van der Waals surface area contributed by atoms with Crippen molar-refractivity contribution < 1.29 is 9.53 Å². The lowest BCUT2D eigenvalue weighted by Crippen LogP contribution is -2.42. The van der Waals surface area contributed by atoms with Crippen molar-refractivity contribution in [2.75, 3.05) is 19.7 Å². The molecule has 3 rings (SSSR count). The number of nitrogens with zero attached hydrogens (tertiary/aromatic N) is 2. The molecule has 98 valence electrons. The van der Waals surface area contributed by atoms with E-state index in [1.54, 1.807) is 6.92 Å². The number of ether oxygens (including phenoxy) is 1. The van der Waals surface area contributed by atoms with Crippen LogP contribution in [0.25, 0.3) is 0 Å². The minimum atomic E-state index is 0.0520. The Hall–Kier alpha value is -0.780. The fraction of sp³-hybridized carbons (Fsp3) is 0.692. The Morgan fingerprint density at radius 3 is 3.11 bits per heavy atom. The Balaban J connectivity index is 1.78. The fourth-order valence-electron chi connectivity index (χ4n) is 2.85. The maximum atomic E-state index is 11.5. The summed E-state index contributed by atoms with van der Waals surface area (Å²) in [7, 11) is 0. The van der Waals surface area contributed by atoms with Crippen molar-refractivity contribution in [1.29, 1.82) is 0 Å². The number of carbonyl (C=O) groups excluding carboxylic acids is 1. The lowest BCUT2D eigenvalue weighted by molar-refractivity contribution is -0.0502. The van der Waals surface area contributed by atoms with Crippen molar-refractivity contribution in [3.8, 4) is 0 Å². The number of Topliss-reactive ketones (excluding diaryl/α,β-unsaturated/α-hetero) is 1. The van der Waals surface area contributed by atoms with Gasteiger partial charge in [-0.15, -0.1) is 11.3 Å². The van der Waals surface area contributed by atoms with Gasteiger partial charge in [0.2, 0.25) is 0 Å². The smallest absolute Gasteiger partial charge is 0.171 e. The summed E-state index contributed by atoms with van der Waals surface area (Å²) in [6.07, 6.45) is 2.58. The van der Waals surface area contributed by atoms with Crippen molar-refractivity contribution >= 4 is 17.1 Å². The van der Waals surface area contributed by atoms with E-state index in [1.807, 2.05) is 6.92 Å². The molecule has 0 N–H and O–H groups in total. The predicted molar refractivity (Wildman–Crippen MR) is 70.1 cm³/mol. The lowest BCUT2D eigenvalue weighted by Gasteiger charge is -2.34. The van der Waals surface area contributed by atoms with Gasteiger partial charge in [-0.3, -0.25) is 9.69 Å². The number of ketones is 1. The van der Waals surface area contributed by atoms with E-state index in [4.69, 9.17) is 4.74 Å². The Morgan fingerprint density at radius 1 is 1.56 bits per heavy atom. The molecule has 2 fully saturated rings. The van der Waals surface area contributed by atoms with Crippen molar-refractivity contribution in [1.82, 2.24) is 9.88 Å². The third kappa shape index (κ3) is 2.11. The topological polar surface area (TPSA) is 42.4 Å². The van der Waals surface area contributed by atoms with Crippen LogP contribution >= 0.6 is 11.3 Å². The zero-order valence-corrected chi connectivity index (χ0v) is 11.6. The van der Waals surface area contributed by atoms with Crippen LogP contribution in [0.15, 0.2) is 0 Å². The normalized spacial score (nSPS) is 28.3. The molecule has 3 heterocycles. The van der Waals surface area contributed by atoms with Crippen LogP contribution in [0.3, 0.4) is 0 Å². The third-order valence-corrected chi connectivity index (χ3v) is 5.15. The Kier molecular flexibility index (Phi) is 3.21. The summed E-state index contributed by atoms with van der Waals surface area (Å²) in [6, 6.07) is 0.606. The SMILES string of the molecule is CC(=O)c1sc(C2CN3CCCC3CO2)nc1C. The molecule has 2 aliphatic heterocycles. The number of hydrogen-bond acceptors (Lipinski definition) is 5. The van der Waals surface area contributed by atoms with Gasteiger partial charge in [0.05, 0.1) is 17.2 Å². The minimum Gasteiger partial charge on any atom is -0.368 e. The summed E-state index contributed by atoms with van der Waals surface area (Å²) >= 11 is 1.50. The van der Waals surface area contributed by atoms with E-state index >= 15 is 0 Å². The molecule has 4 nitrogen and oxygen atoms in total. The van der Waals surface area contributed by atoms with Crippen LogP contribution in [0.5, 0.6) is 0 Å². The van der Waals surface area contributed by atoms with Gasteiger partial charge in [-0.05, 0) is 26.3 Å². The molecular weight excluding hydrogens is 248 g/mol. The van der Waals surface area contributed by atoms with Crippen LogP contribution in [0.1, 0.15) is 46.2 Å². The molecule has 0 spiro atoms. The molecule has 1 aromatic rings. The first-order chi connectivity index (χ1) is 8.65. The molecule has 2 atom stereocenters. The maximum absolute atomic E-state index is 11.5. The van der Waals surface area contributed by atoms with Gasteiger partial charge in [0.25, 0.3) is 0 Å². The van der Waals surface area contributed by atoms with Crippen LogP contribution in [-0.4, -0.2) is 41.4 Å². The zero-order valence-electron chi connectivity index (χ0n) is 10.8. The Labute approximate surface area is 111 Å². The number of thiazole rings is 1. The van der Waals surface area contributed by atoms with E-state index in [2.05, 4.69) is 9.88 Å². The van der Waals surface area contributed by atoms with E-state index in [1.165, 1.54) is 30.7 Å². The second-order valence-electron chi connectivity index (χ2n) is 5.14. The second-order valence-corrected chi connectivity index (χ2v) is 6.17.